The number of likely N-dealkylation sites (tertiary alicyclic amines) is 2. The topological polar surface area (TPSA) is 45.7 Å². The first-order chi connectivity index (χ1) is 13.8. The molecule has 2 aliphatic heterocycles. The van der Waals surface area contributed by atoms with Gasteiger partial charge in [0.2, 0.25) is 0 Å². The second-order valence-electron chi connectivity index (χ2n) is 7.80. The molecule has 2 saturated heterocycles. The van der Waals surface area contributed by atoms with Gasteiger partial charge < -0.3 is 14.5 Å². The van der Waals surface area contributed by atoms with Crippen LogP contribution in [0.2, 0.25) is 0 Å². The third kappa shape index (κ3) is 4.71. The summed E-state index contributed by atoms with van der Waals surface area (Å²) in [6.45, 7) is 4.61. The Balaban J connectivity index is 1.32. The molecule has 2 aromatic rings. The summed E-state index contributed by atoms with van der Waals surface area (Å²) in [7, 11) is 0. The van der Waals surface area contributed by atoms with E-state index < -0.39 is 0 Å². The molecule has 1 aromatic heterocycles. The quantitative estimate of drug-likeness (QED) is 0.794. The first-order valence-electron chi connectivity index (χ1n) is 10.4. The van der Waals surface area contributed by atoms with E-state index in [0.29, 0.717) is 18.2 Å². The number of aromatic nitrogens is 1. The summed E-state index contributed by atoms with van der Waals surface area (Å²) < 4.78 is 5.85. The molecule has 0 N–H and O–H groups in total. The minimum absolute atomic E-state index is 0.115. The van der Waals surface area contributed by atoms with Gasteiger partial charge in [0.25, 0.3) is 5.91 Å². The van der Waals surface area contributed by atoms with Crippen LogP contribution in [0.4, 0.5) is 0 Å². The van der Waals surface area contributed by atoms with E-state index in [1.165, 1.54) is 32.4 Å². The maximum Gasteiger partial charge on any atom is 0.253 e. The van der Waals surface area contributed by atoms with Crippen molar-refractivity contribution < 1.29 is 9.53 Å². The number of rotatable bonds is 5. The van der Waals surface area contributed by atoms with E-state index in [1.54, 1.807) is 12.4 Å². The molecule has 0 bridgehead atoms. The Hall–Kier alpha value is -2.40. The maximum atomic E-state index is 13.0. The third-order valence-corrected chi connectivity index (χ3v) is 5.87. The summed E-state index contributed by atoms with van der Waals surface area (Å²) in [5, 5.41) is 0. The zero-order valence-corrected chi connectivity index (χ0v) is 16.4. The van der Waals surface area contributed by atoms with Gasteiger partial charge in [-0.25, -0.2) is 0 Å². The van der Waals surface area contributed by atoms with Crippen LogP contribution in [0.15, 0.2) is 48.8 Å². The van der Waals surface area contributed by atoms with Crippen LogP contribution in [0.1, 0.15) is 48.0 Å². The van der Waals surface area contributed by atoms with Crippen molar-refractivity contribution in [2.45, 2.75) is 44.8 Å². The number of ether oxygens (including phenoxy) is 1. The van der Waals surface area contributed by atoms with E-state index >= 15 is 0 Å². The highest BCUT2D eigenvalue weighted by atomic mass is 16.5. The van der Waals surface area contributed by atoms with Crippen molar-refractivity contribution in [3.8, 4) is 5.75 Å². The minimum atomic E-state index is 0.115. The molecule has 148 valence electrons. The van der Waals surface area contributed by atoms with Crippen molar-refractivity contribution in [1.82, 2.24) is 14.8 Å². The van der Waals surface area contributed by atoms with Crippen molar-refractivity contribution in [3.63, 3.8) is 0 Å². The number of amides is 1. The predicted octanol–water partition coefficient (Wildman–Crippen LogP) is 3.75. The molecular formula is C23H29N3O2. The summed E-state index contributed by atoms with van der Waals surface area (Å²) in [5.41, 5.74) is 1.72. The van der Waals surface area contributed by atoms with E-state index in [1.807, 2.05) is 41.3 Å². The van der Waals surface area contributed by atoms with E-state index in [0.717, 1.165) is 37.2 Å². The van der Waals surface area contributed by atoms with Crippen LogP contribution in [-0.4, -0.2) is 52.9 Å². The number of hydrogen-bond acceptors (Lipinski definition) is 4. The average Bonchev–Trinajstić information content (AvgIpc) is 2.79. The Morgan fingerprint density at radius 1 is 1.04 bits per heavy atom. The molecule has 0 radical (unpaired) electrons. The van der Waals surface area contributed by atoms with Gasteiger partial charge in [-0.1, -0.05) is 18.6 Å². The molecule has 0 saturated carbocycles. The molecule has 1 aromatic carbocycles. The molecule has 5 heteroatoms. The van der Waals surface area contributed by atoms with E-state index in [9.17, 15) is 4.79 Å². The predicted molar refractivity (Wildman–Crippen MR) is 109 cm³/mol. The van der Waals surface area contributed by atoms with Crippen LogP contribution < -0.4 is 4.74 Å². The van der Waals surface area contributed by atoms with Crippen molar-refractivity contribution in [1.29, 1.82) is 0 Å². The van der Waals surface area contributed by atoms with Gasteiger partial charge in [-0.15, -0.1) is 0 Å². The molecule has 0 unspecified atom stereocenters. The summed E-state index contributed by atoms with van der Waals surface area (Å²) in [4.78, 5) is 21.7. The van der Waals surface area contributed by atoms with Crippen LogP contribution >= 0.6 is 0 Å². The SMILES string of the molecule is O=C(c1cccc(OCc2cccnc2)c1)N1CCC(N2CCCCC2)CC1. The Morgan fingerprint density at radius 2 is 1.86 bits per heavy atom. The van der Waals surface area contributed by atoms with Gasteiger partial charge in [0.05, 0.1) is 0 Å². The zero-order chi connectivity index (χ0) is 19.2. The fraction of sp³-hybridized carbons (Fsp3) is 0.478. The van der Waals surface area contributed by atoms with E-state index in [2.05, 4.69) is 9.88 Å². The van der Waals surface area contributed by atoms with E-state index in [-0.39, 0.29) is 5.91 Å². The number of nitrogens with zero attached hydrogens (tertiary/aromatic N) is 3. The Labute approximate surface area is 167 Å². The Bertz CT molecular complexity index is 766. The molecule has 3 heterocycles. The van der Waals surface area contributed by atoms with Crippen molar-refractivity contribution in [2.75, 3.05) is 26.2 Å². The standard InChI is InChI=1S/C23H29N3O2/c27-23(26-14-9-21(10-15-26)25-12-2-1-3-13-25)20-7-4-8-22(16-20)28-18-19-6-5-11-24-17-19/h4-8,11,16-17,21H,1-3,9-10,12-15,18H2. The molecule has 2 fully saturated rings. The third-order valence-electron chi connectivity index (χ3n) is 5.87. The highest BCUT2D eigenvalue weighted by Gasteiger charge is 2.28. The van der Waals surface area contributed by atoms with Gasteiger partial charge in [0.15, 0.2) is 0 Å². The normalized spacial score (nSPS) is 18.8. The molecule has 0 spiro atoms. The van der Waals surface area contributed by atoms with Crippen LogP contribution in [0, 0.1) is 0 Å². The van der Waals surface area contributed by atoms with Crippen LogP contribution in [-0.2, 0) is 6.61 Å². The second-order valence-corrected chi connectivity index (χ2v) is 7.80. The van der Waals surface area contributed by atoms with Crippen LogP contribution in [0.5, 0.6) is 5.75 Å². The van der Waals surface area contributed by atoms with Crippen molar-refractivity contribution in [2.24, 2.45) is 0 Å². The summed E-state index contributed by atoms with van der Waals surface area (Å²) in [6.07, 6.45) is 9.73. The first kappa shape index (κ1) is 18.9. The van der Waals surface area contributed by atoms with Crippen molar-refractivity contribution in [3.05, 3.63) is 59.9 Å². The fourth-order valence-electron chi connectivity index (χ4n) is 4.27. The molecule has 28 heavy (non-hydrogen) atoms. The largest absolute Gasteiger partial charge is 0.489 e. The average molecular weight is 380 g/mol. The Morgan fingerprint density at radius 3 is 2.61 bits per heavy atom. The molecule has 1 amide bonds. The van der Waals surface area contributed by atoms with E-state index in [4.69, 9.17) is 4.74 Å². The maximum absolute atomic E-state index is 13.0. The Kier molecular flexibility index (Phi) is 6.22. The van der Waals surface area contributed by atoms with Gasteiger partial charge in [0, 0.05) is 42.7 Å². The first-order valence-corrected chi connectivity index (χ1v) is 10.4. The van der Waals surface area contributed by atoms with Gasteiger partial charge >= 0.3 is 0 Å². The van der Waals surface area contributed by atoms with Crippen LogP contribution in [0.25, 0.3) is 0 Å². The lowest BCUT2D eigenvalue weighted by Crippen LogP contribution is -2.48. The molecule has 0 aliphatic carbocycles. The second kappa shape index (κ2) is 9.20. The molecule has 2 aliphatic rings. The molecule has 5 nitrogen and oxygen atoms in total. The number of piperidine rings is 2. The number of pyridine rings is 1. The molecule has 4 rings (SSSR count). The summed E-state index contributed by atoms with van der Waals surface area (Å²) in [6, 6.07) is 12.1. The lowest BCUT2D eigenvalue weighted by atomic mass is 9.99. The molecule has 0 atom stereocenters. The zero-order valence-electron chi connectivity index (χ0n) is 16.4. The molecular weight excluding hydrogens is 350 g/mol. The van der Waals surface area contributed by atoms with Gasteiger partial charge in [-0.05, 0) is 63.0 Å². The number of hydrogen-bond donors (Lipinski definition) is 0. The minimum Gasteiger partial charge on any atom is -0.489 e. The lowest BCUT2D eigenvalue weighted by molar-refractivity contribution is 0.0589. The van der Waals surface area contributed by atoms with Crippen molar-refractivity contribution >= 4 is 5.91 Å². The van der Waals surface area contributed by atoms with Gasteiger partial charge in [0.1, 0.15) is 12.4 Å². The van der Waals surface area contributed by atoms with Crippen LogP contribution in [0.3, 0.4) is 0 Å². The monoisotopic (exact) mass is 379 g/mol. The fourth-order valence-corrected chi connectivity index (χ4v) is 4.27. The number of carbonyl (C=O) groups is 1. The highest BCUT2D eigenvalue weighted by molar-refractivity contribution is 5.94. The summed E-state index contributed by atoms with van der Waals surface area (Å²) in [5.74, 6) is 0.835. The number of carbonyl (C=O) groups excluding carboxylic acids is 1. The lowest BCUT2D eigenvalue weighted by Gasteiger charge is -2.40. The van der Waals surface area contributed by atoms with Gasteiger partial charge in [-0.2, -0.15) is 0 Å². The summed E-state index contributed by atoms with van der Waals surface area (Å²) >= 11 is 0. The smallest absolute Gasteiger partial charge is 0.253 e. The van der Waals surface area contributed by atoms with Gasteiger partial charge in [-0.3, -0.25) is 9.78 Å². The highest BCUT2D eigenvalue weighted by Crippen LogP contribution is 2.23. The number of benzene rings is 1.